The van der Waals surface area contributed by atoms with E-state index in [9.17, 15) is 14.4 Å². The van der Waals surface area contributed by atoms with Gasteiger partial charge in [0.25, 0.3) is 0 Å². The number of hydrogen-bond acceptors (Lipinski definition) is 3. The lowest BCUT2D eigenvalue weighted by Crippen LogP contribution is -2.38. The van der Waals surface area contributed by atoms with Crippen LogP contribution >= 0.6 is 0 Å². The minimum atomic E-state index is -1.44. The number of nitrogens with zero attached hydrogens (tertiary/aromatic N) is 2. The van der Waals surface area contributed by atoms with Crippen molar-refractivity contribution in [1.29, 1.82) is 5.26 Å². The Bertz CT molecular complexity index is 751. The van der Waals surface area contributed by atoms with Gasteiger partial charge in [0.15, 0.2) is 0 Å². The summed E-state index contributed by atoms with van der Waals surface area (Å²) in [5.41, 5.74) is -0.511. The SMILES string of the molecule is Cc1c(C#N)c(-c2ccccc2F)cc(C(=O)O)[n+]1[O-]. The molecular formula is C14H9FN2O3. The number of pyridine rings is 1. The molecule has 0 aliphatic rings. The third kappa shape index (κ3) is 2.06. The van der Waals surface area contributed by atoms with Gasteiger partial charge in [-0.15, -0.1) is 0 Å². The lowest BCUT2D eigenvalue weighted by molar-refractivity contribution is -0.615. The van der Waals surface area contributed by atoms with Crippen LogP contribution in [0.15, 0.2) is 30.3 Å². The van der Waals surface area contributed by atoms with E-state index in [1.807, 2.05) is 6.07 Å². The predicted octanol–water partition coefficient (Wildman–Crippen LogP) is 2.00. The van der Waals surface area contributed by atoms with Gasteiger partial charge in [0.05, 0.1) is 0 Å². The molecule has 1 aromatic heterocycles. The topological polar surface area (TPSA) is 88.0 Å². The van der Waals surface area contributed by atoms with Gasteiger partial charge in [0.2, 0.25) is 5.69 Å². The van der Waals surface area contributed by atoms with Gasteiger partial charge in [-0.1, -0.05) is 18.2 Å². The molecule has 0 saturated carbocycles. The zero-order valence-electron chi connectivity index (χ0n) is 10.4. The summed E-state index contributed by atoms with van der Waals surface area (Å²) in [5, 5.41) is 29.9. The standard InChI is InChI=1S/C14H9FN2O3/c1-8-11(7-16)10(6-13(14(18)19)17(8)20)9-4-2-3-5-12(9)15/h2-6H,1H3,(H,18,19). The summed E-state index contributed by atoms with van der Waals surface area (Å²) in [6.45, 7) is 1.32. The van der Waals surface area contributed by atoms with Crippen LogP contribution in [-0.2, 0) is 0 Å². The number of halogens is 1. The van der Waals surface area contributed by atoms with E-state index in [2.05, 4.69) is 0 Å². The van der Waals surface area contributed by atoms with Gasteiger partial charge < -0.3 is 10.3 Å². The fourth-order valence-corrected chi connectivity index (χ4v) is 1.93. The lowest BCUT2D eigenvalue weighted by atomic mass is 9.98. The molecule has 0 aliphatic heterocycles. The van der Waals surface area contributed by atoms with Crippen molar-refractivity contribution in [3.8, 4) is 17.2 Å². The minimum Gasteiger partial charge on any atom is -0.618 e. The maximum absolute atomic E-state index is 13.8. The summed E-state index contributed by atoms with van der Waals surface area (Å²) in [5.74, 6) is -2.03. The van der Waals surface area contributed by atoms with Gasteiger partial charge in [0.1, 0.15) is 17.4 Å². The Morgan fingerprint density at radius 1 is 1.40 bits per heavy atom. The molecule has 0 saturated heterocycles. The highest BCUT2D eigenvalue weighted by Crippen LogP contribution is 2.27. The van der Waals surface area contributed by atoms with E-state index >= 15 is 0 Å². The van der Waals surface area contributed by atoms with Crippen molar-refractivity contribution < 1.29 is 19.0 Å². The average molecular weight is 272 g/mol. The molecule has 1 heterocycles. The van der Waals surface area contributed by atoms with Crippen LogP contribution in [0.3, 0.4) is 0 Å². The van der Waals surface area contributed by atoms with Crippen molar-refractivity contribution in [3.63, 3.8) is 0 Å². The van der Waals surface area contributed by atoms with Crippen LogP contribution in [0.1, 0.15) is 21.7 Å². The van der Waals surface area contributed by atoms with E-state index in [4.69, 9.17) is 10.4 Å². The normalized spacial score (nSPS) is 10.1. The summed E-state index contributed by atoms with van der Waals surface area (Å²) in [4.78, 5) is 11.0. The van der Waals surface area contributed by atoms with Gasteiger partial charge in [0, 0.05) is 24.1 Å². The average Bonchev–Trinajstić information content (AvgIpc) is 2.42. The monoisotopic (exact) mass is 272 g/mol. The zero-order valence-corrected chi connectivity index (χ0v) is 10.4. The number of benzene rings is 1. The molecule has 2 rings (SSSR count). The second kappa shape index (κ2) is 4.97. The highest BCUT2D eigenvalue weighted by Gasteiger charge is 2.25. The minimum absolute atomic E-state index is 0.0462. The van der Waals surface area contributed by atoms with E-state index in [0.29, 0.717) is 0 Å². The largest absolute Gasteiger partial charge is 0.618 e. The first kappa shape index (κ1) is 13.5. The van der Waals surface area contributed by atoms with Crippen molar-refractivity contribution in [3.05, 3.63) is 58.3 Å². The molecule has 0 spiro atoms. The van der Waals surface area contributed by atoms with Crippen LogP contribution < -0.4 is 4.73 Å². The molecule has 0 atom stereocenters. The van der Waals surface area contributed by atoms with E-state index in [-0.39, 0.29) is 27.1 Å². The third-order valence-electron chi connectivity index (χ3n) is 2.93. The van der Waals surface area contributed by atoms with Crippen LogP contribution in [0, 0.1) is 29.3 Å². The highest BCUT2D eigenvalue weighted by atomic mass is 19.1. The Labute approximate surface area is 113 Å². The Balaban J connectivity index is 2.86. The molecule has 0 fully saturated rings. The summed E-state index contributed by atoms with van der Waals surface area (Å²) < 4.78 is 14.0. The van der Waals surface area contributed by atoms with E-state index in [1.54, 1.807) is 6.07 Å². The van der Waals surface area contributed by atoms with Gasteiger partial charge >= 0.3 is 11.7 Å². The van der Waals surface area contributed by atoms with Crippen LogP contribution in [0.2, 0.25) is 0 Å². The third-order valence-corrected chi connectivity index (χ3v) is 2.93. The second-order valence-electron chi connectivity index (χ2n) is 4.09. The van der Waals surface area contributed by atoms with Gasteiger partial charge in [-0.2, -0.15) is 9.99 Å². The number of nitriles is 1. The molecule has 0 bridgehead atoms. The van der Waals surface area contributed by atoms with Crippen molar-refractivity contribution in [2.24, 2.45) is 0 Å². The predicted molar refractivity (Wildman–Crippen MR) is 67.2 cm³/mol. The van der Waals surface area contributed by atoms with Crippen LogP contribution in [0.4, 0.5) is 4.39 Å². The number of aromatic nitrogens is 1. The number of carbonyl (C=O) groups is 1. The number of hydrogen-bond donors (Lipinski definition) is 1. The fourth-order valence-electron chi connectivity index (χ4n) is 1.93. The maximum atomic E-state index is 13.8. The highest BCUT2D eigenvalue weighted by molar-refractivity contribution is 5.86. The van der Waals surface area contributed by atoms with Crippen LogP contribution in [0.25, 0.3) is 11.1 Å². The quantitative estimate of drug-likeness (QED) is 0.669. The van der Waals surface area contributed by atoms with Gasteiger partial charge in [-0.05, 0) is 6.07 Å². The summed E-state index contributed by atoms with van der Waals surface area (Å²) in [7, 11) is 0. The van der Waals surface area contributed by atoms with Gasteiger partial charge in [-0.3, -0.25) is 0 Å². The smallest absolute Gasteiger partial charge is 0.402 e. The first-order valence-electron chi connectivity index (χ1n) is 5.62. The molecule has 1 N–H and O–H groups in total. The molecule has 6 heteroatoms. The van der Waals surface area contributed by atoms with Crippen molar-refractivity contribution in [2.45, 2.75) is 6.92 Å². The second-order valence-corrected chi connectivity index (χ2v) is 4.09. The van der Waals surface area contributed by atoms with Crippen molar-refractivity contribution in [1.82, 2.24) is 0 Å². The Morgan fingerprint density at radius 2 is 2.05 bits per heavy atom. The molecule has 5 nitrogen and oxygen atoms in total. The Morgan fingerprint density at radius 3 is 2.60 bits per heavy atom. The summed E-state index contributed by atoms with van der Waals surface area (Å²) >= 11 is 0. The molecule has 1 aromatic carbocycles. The van der Waals surface area contributed by atoms with E-state index in [1.165, 1.54) is 25.1 Å². The van der Waals surface area contributed by atoms with E-state index in [0.717, 1.165) is 6.07 Å². The molecule has 0 amide bonds. The van der Waals surface area contributed by atoms with Gasteiger partial charge in [-0.25, -0.2) is 9.18 Å². The molecule has 100 valence electrons. The van der Waals surface area contributed by atoms with Crippen molar-refractivity contribution >= 4 is 5.97 Å². The molecular weight excluding hydrogens is 263 g/mol. The maximum Gasteiger partial charge on any atom is 0.402 e. The van der Waals surface area contributed by atoms with Crippen LogP contribution in [-0.4, -0.2) is 11.1 Å². The zero-order chi connectivity index (χ0) is 14.9. The lowest BCUT2D eigenvalue weighted by Gasteiger charge is -2.10. The van der Waals surface area contributed by atoms with Crippen LogP contribution in [0.5, 0.6) is 0 Å². The first-order valence-corrected chi connectivity index (χ1v) is 5.62. The Hall–Kier alpha value is -2.94. The molecule has 0 aliphatic carbocycles. The molecule has 20 heavy (non-hydrogen) atoms. The van der Waals surface area contributed by atoms with Crippen molar-refractivity contribution in [2.75, 3.05) is 0 Å². The molecule has 2 aromatic rings. The fraction of sp³-hybridized carbons (Fsp3) is 0.0714. The number of rotatable bonds is 2. The Kier molecular flexibility index (Phi) is 3.36. The number of aromatic carboxylic acids is 1. The first-order chi connectivity index (χ1) is 9.47. The summed E-state index contributed by atoms with van der Waals surface area (Å²) in [6.07, 6.45) is 0. The summed E-state index contributed by atoms with van der Waals surface area (Å²) in [6, 6.07) is 8.49. The molecule has 0 unspecified atom stereocenters. The number of carboxylic acid groups (broad SMARTS) is 1. The molecule has 0 radical (unpaired) electrons. The number of carboxylic acids is 1. The van der Waals surface area contributed by atoms with E-state index < -0.39 is 17.5 Å².